The lowest BCUT2D eigenvalue weighted by Crippen LogP contribution is -1.98. The Kier molecular flexibility index (Phi) is 2.14. The molecule has 0 radical (unpaired) electrons. The van der Waals surface area contributed by atoms with Crippen LogP contribution in [-0.4, -0.2) is 13.0 Å². The molecule has 2 rings (SSSR count). The van der Waals surface area contributed by atoms with E-state index in [2.05, 4.69) is 32.1 Å². The third-order valence-corrected chi connectivity index (χ3v) is 3.39. The predicted octanol–water partition coefficient (Wildman–Crippen LogP) is 1.21. The van der Waals surface area contributed by atoms with E-state index < -0.39 is 0 Å². The molecule has 66 valence electrons. The van der Waals surface area contributed by atoms with Gasteiger partial charge in [0.15, 0.2) is 0 Å². The van der Waals surface area contributed by atoms with E-state index in [9.17, 15) is 5.11 Å². The fourth-order valence-corrected chi connectivity index (χ4v) is 2.37. The number of aliphatic hydroxyl groups excluding tert-OH is 1. The molecule has 2 aromatic rings. The monoisotopic (exact) mass is 190 g/mol. The Labute approximate surface area is 82.4 Å². The number of thiophene rings is 1. The lowest BCUT2D eigenvalue weighted by Gasteiger charge is -1.95. The number of hydrogen-bond acceptors (Lipinski definition) is 2. The minimum absolute atomic E-state index is 0.349. The van der Waals surface area contributed by atoms with Gasteiger partial charge < -0.3 is 5.11 Å². The average molecular weight is 190 g/mol. The molecule has 1 aromatic heterocycles. The van der Waals surface area contributed by atoms with Crippen molar-refractivity contribution in [3.63, 3.8) is 0 Å². The second-order valence-corrected chi connectivity index (χ2v) is 4.48. The normalized spacial score (nSPS) is 13.4. The first kappa shape index (κ1) is 8.79. The number of benzene rings is 1. The van der Waals surface area contributed by atoms with Crippen molar-refractivity contribution >= 4 is 34.7 Å². The predicted molar refractivity (Wildman–Crippen MR) is 60.6 cm³/mol. The minimum Gasteiger partial charge on any atom is -0.388 e. The van der Waals surface area contributed by atoms with Gasteiger partial charge in [0, 0.05) is 9.58 Å². The second-order valence-electron chi connectivity index (χ2n) is 3.37. The van der Waals surface area contributed by atoms with E-state index in [1.54, 1.807) is 18.3 Å². The van der Waals surface area contributed by atoms with Crippen LogP contribution in [0.5, 0.6) is 0 Å². The van der Waals surface area contributed by atoms with E-state index in [1.165, 1.54) is 15.5 Å². The van der Waals surface area contributed by atoms with Gasteiger partial charge in [-0.2, -0.15) is 0 Å². The van der Waals surface area contributed by atoms with Gasteiger partial charge in [-0.15, -0.1) is 11.3 Å². The summed E-state index contributed by atoms with van der Waals surface area (Å²) in [7, 11) is 2.08. The van der Waals surface area contributed by atoms with Gasteiger partial charge >= 0.3 is 0 Å². The highest BCUT2D eigenvalue weighted by atomic mass is 32.1. The number of fused-ring (bicyclic) bond motifs is 1. The summed E-state index contributed by atoms with van der Waals surface area (Å²) >= 11 is 1.66. The van der Waals surface area contributed by atoms with E-state index >= 15 is 0 Å². The molecule has 0 saturated carbocycles. The molecular formula is C10H11BOS. The van der Waals surface area contributed by atoms with Crippen molar-refractivity contribution < 1.29 is 5.11 Å². The molecule has 1 heterocycles. The van der Waals surface area contributed by atoms with Crippen molar-refractivity contribution in [3.05, 3.63) is 29.1 Å². The largest absolute Gasteiger partial charge is 0.388 e. The first-order valence-electron chi connectivity index (χ1n) is 4.35. The van der Waals surface area contributed by atoms with Crippen LogP contribution in [0.2, 0.25) is 0 Å². The van der Waals surface area contributed by atoms with Crippen LogP contribution in [0, 0.1) is 0 Å². The number of aliphatic hydroxyl groups is 1. The summed E-state index contributed by atoms with van der Waals surface area (Å²) < 4.78 is 1.25. The maximum Gasteiger partial charge on any atom is 0.139 e. The summed E-state index contributed by atoms with van der Waals surface area (Å²) in [5.41, 5.74) is 1.27. The lowest BCUT2D eigenvalue weighted by atomic mass is 9.95. The van der Waals surface area contributed by atoms with Crippen molar-refractivity contribution in [2.45, 2.75) is 13.0 Å². The zero-order chi connectivity index (χ0) is 9.42. The third kappa shape index (κ3) is 1.62. The van der Waals surface area contributed by atoms with Crippen LogP contribution in [0.3, 0.4) is 0 Å². The van der Waals surface area contributed by atoms with E-state index in [1.807, 2.05) is 0 Å². The Balaban J connectivity index is 2.62. The third-order valence-electron chi connectivity index (χ3n) is 2.10. The molecule has 1 aromatic carbocycles. The molecule has 1 nitrogen and oxygen atoms in total. The molecule has 0 fully saturated rings. The Morgan fingerprint density at radius 3 is 2.85 bits per heavy atom. The van der Waals surface area contributed by atoms with E-state index in [-0.39, 0.29) is 6.10 Å². The summed E-state index contributed by atoms with van der Waals surface area (Å²) in [4.78, 5) is 1.04. The van der Waals surface area contributed by atoms with E-state index in [0.29, 0.717) is 0 Å². The van der Waals surface area contributed by atoms with Gasteiger partial charge in [-0.25, -0.2) is 0 Å². The molecule has 1 atom stereocenters. The number of hydrogen-bond donors (Lipinski definition) is 1. The smallest absolute Gasteiger partial charge is 0.139 e. The summed E-state index contributed by atoms with van der Waals surface area (Å²) in [5, 5.41) is 10.6. The number of rotatable bonds is 1. The van der Waals surface area contributed by atoms with Gasteiger partial charge in [0.25, 0.3) is 0 Å². The molecular weight excluding hydrogens is 179 g/mol. The second kappa shape index (κ2) is 3.16. The zero-order valence-corrected chi connectivity index (χ0v) is 8.56. The highest BCUT2D eigenvalue weighted by Crippen LogP contribution is 2.28. The van der Waals surface area contributed by atoms with Gasteiger partial charge in [-0.3, -0.25) is 0 Å². The van der Waals surface area contributed by atoms with Crippen LogP contribution < -0.4 is 5.46 Å². The average Bonchev–Trinajstić information content (AvgIpc) is 2.46. The van der Waals surface area contributed by atoms with Crippen molar-refractivity contribution in [3.8, 4) is 0 Å². The minimum atomic E-state index is -0.349. The summed E-state index contributed by atoms with van der Waals surface area (Å²) in [6.07, 6.45) is -0.349. The van der Waals surface area contributed by atoms with Gasteiger partial charge in [-0.05, 0) is 24.4 Å². The van der Waals surface area contributed by atoms with Crippen molar-refractivity contribution in [1.29, 1.82) is 0 Å². The van der Waals surface area contributed by atoms with Gasteiger partial charge in [0.05, 0.1) is 6.10 Å². The fraction of sp³-hybridized carbons (Fsp3) is 0.200. The first-order valence-corrected chi connectivity index (χ1v) is 5.16. The molecule has 0 aliphatic heterocycles. The molecule has 0 spiro atoms. The molecule has 3 heteroatoms. The Hall–Kier alpha value is -0.795. The molecule has 0 aliphatic carbocycles. The highest BCUT2D eigenvalue weighted by Gasteiger charge is 2.05. The van der Waals surface area contributed by atoms with Crippen LogP contribution in [0.25, 0.3) is 10.1 Å². The quantitative estimate of drug-likeness (QED) is 0.670. The van der Waals surface area contributed by atoms with Crippen LogP contribution in [0.15, 0.2) is 24.3 Å². The lowest BCUT2D eigenvalue weighted by molar-refractivity contribution is 0.203. The standard InChI is InChI=1S/C10H11BOS/c1-6(12)10-5-7-4-8(11)2-3-9(7)13-10/h2-6,12H,11H2,1H3. The topological polar surface area (TPSA) is 20.2 Å². The molecule has 1 unspecified atom stereocenters. The molecule has 0 saturated heterocycles. The van der Waals surface area contributed by atoms with Gasteiger partial charge in [0.2, 0.25) is 0 Å². The Morgan fingerprint density at radius 2 is 2.15 bits per heavy atom. The van der Waals surface area contributed by atoms with Gasteiger partial charge in [0.1, 0.15) is 7.85 Å². The molecule has 0 bridgehead atoms. The van der Waals surface area contributed by atoms with Crippen LogP contribution >= 0.6 is 11.3 Å². The highest BCUT2D eigenvalue weighted by molar-refractivity contribution is 7.19. The van der Waals surface area contributed by atoms with E-state index in [0.717, 1.165) is 4.88 Å². The maximum absolute atomic E-state index is 9.40. The van der Waals surface area contributed by atoms with Crippen molar-refractivity contribution in [2.75, 3.05) is 0 Å². The van der Waals surface area contributed by atoms with Crippen molar-refractivity contribution in [2.24, 2.45) is 0 Å². The van der Waals surface area contributed by atoms with Crippen LogP contribution in [0.1, 0.15) is 17.9 Å². The maximum atomic E-state index is 9.40. The van der Waals surface area contributed by atoms with Crippen molar-refractivity contribution in [1.82, 2.24) is 0 Å². The molecule has 0 amide bonds. The summed E-state index contributed by atoms with van der Waals surface area (Å²) in [5.74, 6) is 0. The first-order chi connectivity index (χ1) is 6.16. The van der Waals surface area contributed by atoms with Crippen LogP contribution in [0.4, 0.5) is 0 Å². The molecule has 13 heavy (non-hydrogen) atoms. The SMILES string of the molecule is Bc1ccc2sc(C(C)O)cc2c1. The summed E-state index contributed by atoms with van der Waals surface area (Å²) in [6.45, 7) is 1.80. The van der Waals surface area contributed by atoms with E-state index in [4.69, 9.17) is 0 Å². The zero-order valence-electron chi connectivity index (χ0n) is 7.74. The molecule has 0 aliphatic rings. The summed E-state index contributed by atoms with van der Waals surface area (Å²) in [6, 6.07) is 8.43. The van der Waals surface area contributed by atoms with Crippen LogP contribution in [-0.2, 0) is 0 Å². The Morgan fingerprint density at radius 1 is 1.38 bits per heavy atom. The molecule has 1 N–H and O–H groups in total. The fourth-order valence-electron chi connectivity index (χ4n) is 1.39. The van der Waals surface area contributed by atoms with Gasteiger partial charge in [-0.1, -0.05) is 17.6 Å². The Bertz CT molecular complexity index is 433.